The first-order valence-corrected chi connectivity index (χ1v) is 8.54. The van der Waals surface area contributed by atoms with E-state index in [1.807, 2.05) is 0 Å². The summed E-state index contributed by atoms with van der Waals surface area (Å²) in [7, 11) is -3.75. The van der Waals surface area contributed by atoms with Crippen molar-refractivity contribution >= 4 is 15.9 Å². The molecule has 1 aliphatic heterocycles. The predicted octanol–water partition coefficient (Wildman–Crippen LogP) is 1.24. The number of primary sulfonamides is 1. The molecule has 0 radical (unpaired) electrons. The van der Waals surface area contributed by atoms with Gasteiger partial charge >= 0.3 is 6.18 Å². The van der Waals surface area contributed by atoms with Gasteiger partial charge in [0.1, 0.15) is 5.25 Å². The number of hydrogen-bond donors (Lipinski definition) is 1. The van der Waals surface area contributed by atoms with E-state index in [4.69, 9.17) is 5.14 Å². The Balaban J connectivity index is 1.86. The van der Waals surface area contributed by atoms with Gasteiger partial charge < -0.3 is 4.90 Å². The van der Waals surface area contributed by atoms with Gasteiger partial charge in [-0.25, -0.2) is 13.6 Å². The van der Waals surface area contributed by atoms with Crippen molar-refractivity contribution in [2.75, 3.05) is 13.1 Å². The fourth-order valence-electron chi connectivity index (χ4n) is 3.12. The number of alkyl halides is 3. The largest absolute Gasteiger partial charge is 0.391 e. The molecule has 122 valence electrons. The van der Waals surface area contributed by atoms with Gasteiger partial charge in [-0.3, -0.25) is 4.79 Å². The molecule has 1 heterocycles. The van der Waals surface area contributed by atoms with Crippen molar-refractivity contribution in [2.24, 2.45) is 17.0 Å². The van der Waals surface area contributed by atoms with Crippen LogP contribution in [-0.2, 0) is 14.8 Å². The summed E-state index contributed by atoms with van der Waals surface area (Å²) >= 11 is 0. The first-order valence-electron chi connectivity index (χ1n) is 6.93. The average molecular weight is 328 g/mol. The third-order valence-corrected chi connectivity index (χ3v) is 5.68. The highest BCUT2D eigenvalue weighted by atomic mass is 32.2. The molecule has 0 aromatic heterocycles. The first-order chi connectivity index (χ1) is 9.57. The Kier molecular flexibility index (Phi) is 4.53. The average Bonchev–Trinajstić information content (AvgIpc) is 2.70. The molecule has 0 bridgehead atoms. The number of carbonyl (C=O) groups excluding carboxylic acids is 1. The van der Waals surface area contributed by atoms with Crippen LogP contribution in [-0.4, -0.2) is 43.7 Å². The topological polar surface area (TPSA) is 80.5 Å². The summed E-state index contributed by atoms with van der Waals surface area (Å²) in [5.74, 6) is -1.53. The number of halogens is 3. The Bertz CT molecular complexity index is 498. The number of carbonyl (C=O) groups is 1. The van der Waals surface area contributed by atoms with E-state index in [9.17, 15) is 26.4 Å². The third-order valence-electron chi connectivity index (χ3n) is 4.43. The van der Waals surface area contributed by atoms with Crippen molar-refractivity contribution in [1.29, 1.82) is 0 Å². The Hall–Kier alpha value is -0.830. The van der Waals surface area contributed by atoms with Gasteiger partial charge in [0.15, 0.2) is 0 Å². The summed E-state index contributed by atoms with van der Waals surface area (Å²) in [6.07, 6.45) is -3.30. The molecule has 1 saturated carbocycles. The third kappa shape index (κ3) is 4.09. The lowest BCUT2D eigenvalue weighted by atomic mass is 9.81. The summed E-state index contributed by atoms with van der Waals surface area (Å²) < 4.78 is 60.2. The van der Waals surface area contributed by atoms with E-state index in [0.717, 1.165) is 0 Å². The molecule has 2 N–H and O–H groups in total. The van der Waals surface area contributed by atoms with Crippen LogP contribution in [0.5, 0.6) is 0 Å². The minimum absolute atomic E-state index is 0.00628. The molecule has 2 rings (SSSR count). The van der Waals surface area contributed by atoms with Crippen LogP contribution in [0.2, 0.25) is 0 Å². The fraction of sp³-hybridized carbons (Fsp3) is 0.917. The Labute approximate surface area is 121 Å². The van der Waals surface area contributed by atoms with E-state index in [1.165, 1.54) is 4.90 Å². The zero-order chi connectivity index (χ0) is 15.8. The highest BCUT2D eigenvalue weighted by Crippen LogP contribution is 2.39. The SMILES string of the molecule is NS(=O)(=O)C1CC(=O)N(CC2CCC(C(F)(F)F)CC2)C1. The van der Waals surface area contributed by atoms with Crippen LogP contribution in [0, 0.1) is 11.8 Å². The minimum Gasteiger partial charge on any atom is -0.341 e. The van der Waals surface area contributed by atoms with E-state index in [-0.39, 0.29) is 37.6 Å². The van der Waals surface area contributed by atoms with E-state index in [2.05, 4.69) is 0 Å². The molecule has 9 heteroatoms. The molecular weight excluding hydrogens is 309 g/mol. The number of amides is 1. The maximum atomic E-state index is 12.6. The lowest BCUT2D eigenvalue weighted by Gasteiger charge is -2.32. The summed E-state index contributed by atoms with van der Waals surface area (Å²) in [6.45, 7) is 0.381. The second-order valence-electron chi connectivity index (χ2n) is 5.97. The lowest BCUT2D eigenvalue weighted by Crippen LogP contribution is -2.36. The molecule has 0 spiro atoms. The monoisotopic (exact) mass is 328 g/mol. The van der Waals surface area contributed by atoms with Crippen molar-refractivity contribution in [3.63, 3.8) is 0 Å². The summed E-state index contributed by atoms with van der Waals surface area (Å²) in [5, 5.41) is 4.14. The van der Waals surface area contributed by atoms with Crippen LogP contribution in [0.1, 0.15) is 32.1 Å². The minimum atomic E-state index is -4.15. The number of rotatable bonds is 3. The van der Waals surface area contributed by atoms with Crippen LogP contribution in [0.15, 0.2) is 0 Å². The van der Waals surface area contributed by atoms with Gasteiger partial charge in [-0.2, -0.15) is 13.2 Å². The highest BCUT2D eigenvalue weighted by Gasteiger charge is 2.42. The molecule has 1 atom stereocenters. The maximum absolute atomic E-state index is 12.6. The summed E-state index contributed by atoms with van der Waals surface area (Å²) in [6, 6.07) is 0. The van der Waals surface area contributed by atoms with Crippen LogP contribution in [0.25, 0.3) is 0 Å². The van der Waals surface area contributed by atoms with Gasteiger partial charge in [0, 0.05) is 19.5 Å². The van der Waals surface area contributed by atoms with Crippen molar-refractivity contribution < 1.29 is 26.4 Å². The smallest absolute Gasteiger partial charge is 0.341 e. The number of sulfonamides is 1. The molecule has 1 saturated heterocycles. The van der Waals surface area contributed by atoms with Gasteiger partial charge in [0.25, 0.3) is 0 Å². The molecule has 0 aromatic carbocycles. The van der Waals surface area contributed by atoms with Crippen LogP contribution < -0.4 is 5.14 Å². The Morgan fingerprint density at radius 2 is 1.76 bits per heavy atom. The van der Waals surface area contributed by atoms with Gasteiger partial charge in [-0.05, 0) is 31.6 Å². The number of nitrogens with two attached hydrogens (primary N) is 1. The van der Waals surface area contributed by atoms with E-state index >= 15 is 0 Å². The molecule has 1 amide bonds. The van der Waals surface area contributed by atoms with E-state index < -0.39 is 27.4 Å². The molecular formula is C12H19F3N2O3S. The van der Waals surface area contributed by atoms with Gasteiger partial charge in [0.05, 0.1) is 5.92 Å². The lowest BCUT2D eigenvalue weighted by molar-refractivity contribution is -0.184. The van der Waals surface area contributed by atoms with Crippen molar-refractivity contribution in [1.82, 2.24) is 4.90 Å². The fourth-order valence-corrected chi connectivity index (χ4v) is 3.88. The zero-order valence-corrected chi connectivity index (χ0v) is 12.3. The van der Waals surface area contributed by atoms with Crippen molar-refractivity contribution in [3.05, 3.63) is 0 Å². The molecule has 1 aliphatic carbocycles. The second kappa shape index (κ2) is 5.75. The van der Waals surface area contributed by atoms with Gasteiger partial charge in [-0.15, -0.1) is 0 Å². The molecule has 2 fully saturated rings. The molecule has 21 heavy (non-hydrogen) atoms. The van der Waals surface area contributed by atoms with E-state index in [0.29, 0.717) is 19.4 Å². The van der Waals surface area contributed by atoms with Crippen LogP contribution in [0.3, 0.4) is 0 Å². The number of likely N-dealkylation sites (tertiary alicyclic amines) is 1. The maximum Gasteiger partial charge on any atom is 0.391 e. The molecule has 1 unspecified atom stereocenters. The molecule has 0 aromatic rings. The second-order valence-corrected chi connectivity index (χ2v) is 7.82. The molecule has 5 nitrogen and oxygen atoms in total. The van der Waals surface area contributed by atoms with Crippen molar-refractivity contribution in [3.8, 4) is 0 Å². The van der Waals surface area contributed by atoms with Gasteiger partial charge in [-0.1, -0.05) is 0 Å². The zero-order valence-electron chi connectivity index (χ0n) is 11.5. The Morgan fingerprint density at radius 1 is 1.19 bits per heavy atom. The predicted molar refractivity (Wildman–Crippen MR) is 69.6 cm³/mol. The van der Waals surface area contributed by atoms with Gasteiger partial charge in [0.2, 0.25) is 15.9 Å². The highest BCUT2D eigenvalue weighted by molar-refractivity contribution is 7.89. The molecule has 2 aliphatic rings. The normalized spacial score (nSPS) is 31.7. The first kappa shape index (κ1) is 16.5. The quantitative estimate of drug-likeness (QED) is 0.846. The summed E-state index contributed by atoms with van der Waals surface area (Å²) in [5.41, 5.74) is 0. The van der Waals surface area contributed by atoms with Crippen molar-refractivity contribution in [2.45, 2.75) is 43.5 Å². The summed E-state index contributed by atoms with van der Waals surface area (Å²) in [4.78, 5) is 13.2. The van der Waals surface area contributed by atoms with Crippen LogP contribution >= 0.6 is 0 Å². The Morgan fingerprint density at radius 3 is 2.19 bits per heavy atom. The van der Waals surface area contributed by atoms with Crippen LogP contribution in [0.4, 0.5) is 13.2 Å². The standard InChI is InChI=1S/C12H19F3N2O3S/c13-12(14,15)9-3-1-8(2-4-9)6-17-7-10(5-11(17)18)21(16,19)20/h8-10H,1-7H2,(H2,16,19,20). The number of nitrogens with zero attached hydrogens (tertiary/aromatic N) is 1. The number of hydrogen-bond acceptors (Lipinski definition) is 3. The van der Waals surface area contributed by atoms with E-state index in [1.54, 1.807) is 0 Å².